The number of hydrogen-bond acceptors (Lipinski definition) is 3. The molecule has 0 bridgehead atoms. The Morgan fingerprint density at radius 3 is 2.73 bits per heavy atom. The number of anilines is 1. The van der Waals surface area contributed by atoms with Crippen LogP contribution in [0.2, 0.25) is 0 Å². The molecule has 0 unspecified atom stereocenters. The monoisotopic (exact) mass is 432 g/mol. The Bertz CT molecular complexity index is 799. The number of carbonyl (C=O) groups excluding carboxylic acids is 1. The predicted molar refractivity (Wildman–Crippen MR) is 116 cm³/mol. The highest BCUT2D eigenvalue weighted by Crippen LogP contribution is 2.38. The van der Waals surface area contributed by atoms with Crippen LogP contribution in [0.5, 0.6) is 0 Å². The van der Waals surface area contributed by atoms with Crippen LogP contribution >= 0.6 is 27.3 Å². The summed E-state index contributed by atoms with van der Waals surface area (Å²) in [5, 5.41) is 2.04. The second kappa shape index (κ2) is 8.98. The molecule has 5 heteroatoms. The van der Waals surface area contributed by atoms with Crippen molar-refractivity contribution in [3.05, 3.63) is 50.6 Å². The van der Waals surface area contributed by atoms with Crippen LogP contribution < -0.4 is 4.90 Å². The Morgan fingerprint density at radius 2 is 2.04 bits per heavy atom. The molecule has 0 saturated heterocycles. The van der Waals surface area contributed by atoms with E-state index < -0.39 is 0 Å². The summed E-state index contributed by atoms with van der Waals surface area (Å²) in [6.07, 6.45) is 4.42. The number of benzene rings is 1. The number of amides is 1. The summed E-state index contributed by atoms with van der Waals surface area (Å²) in [6.45, 7) is 8.18. The molecule has 0 radical (unpaired) electrons. The van der Waals surface area contributed by atoms with Crippen molar-refractivity contribution in [3.63, 3.8) is 0 Å². The number of fused-ring (bicyclic) bond motifs is 1. The highest BCUT2D eigenvalue weighted by atomic mass is 79.9. The lowest BCUT2D eigenvalue weighted by molar-refractivity contribution is -0.113. The van der Waals surface area contributed by atoms with Crippen LogP contribution in [0.15, 0.2) is 40.2 Å². The highest BCUT2D eigenvalue weighted by molar-refractivity contribution is 9.10. The van der Waals surface area contributed by atoms with Crippen LogP contribution in [0, 0.1) is 0 Å². The Hall–Kier alpha value is -1.43. The summed E-state index contributed by atoms with van der Waals surface area (Å²) in [7, 11) is 0. The van der Waals surface area contributed by atoms with E-state index in [1.165, 1.54) is 12.8 Å². The van der Waals surface area contributed by atoms with Gasteiger partial charge in [-0.25, -0.2) is 0 Å². The zero-order valence-electron chi connectivity index (χ0n) is 15.4. The van der Waals surface area contributed by atoms with Gasteiger partial charge in [0.1, 0.15) is 0 Å². The molecule has 3 nitrogen and oxygen atoms in total. The van der Waals surface area contributed by atoms with Crippen LogP contribution in [0.25, 0.3) is 11.6 Å². The van der Waals surface area contributed by atoms with Crippen molar-refractivity contribution < 1.29 is 4.79 Å². The molecule has 0 aliphatic carbocycles. The third-order valence-corrected chi connectivity index (χ3v) is 6.39. The van der Waals surface area contributed by atoms with Gasteiger partial charge in [0.2, 0.25) is 0 Å². The first-order valence-electron chi connectivity index (χ1n) is 9.23. The number of unbranched alkanes of at least 4 members (excludes halogenated alkanes) is 1. The molecule has 1 amide bonds. The van der Waals surface area contributed by atoms with E-state index in [-0.39, 0.29) is 5.91 Å². The van der Waals surface area contributed by atoms with E-state index in [4.69, 9.17) is 0 Å². The molecular formula is C21H25BrN2OS. The number of rotatable bonds is 8. The maximum absolute atomic E-state index is 13.1. The minimum Gasteiger partial charge on any atom is -0.306 e. The standard InChI is InChI=1S/C21H25BrN2OS/c1-3-5-10-23(4-2)11-12-24-20-9-7-6-8-18(20)19(21(24)25)14-17-13-16(22)15-26-17/h6-9,13-15H,3-5,10-12H2,1-2H3/b19-14-. The topological polar surface area (TPSA) is 23.6 Å². The summed E-state index contributed by atoms with van der Waals surface area (Å²) in [5.74, 6) is 0.113. The third-order valence-electron chi connectivity index (χ3n) is 4.75. The molecule has 3 rings (SSSR count). The van der Waals surface area contributed by atoms with Gasteiger partial charge in [-0.05, 0) is 53.6 Å². The van der Waals surface area contributed by atoms with Crippen molar-refractivity contribution in [1.82, 2.24) is 4.90 Å². The molecule has 0 atom stereocenters. The van der Waals surface area contributed by atoms with Gasteiger partial charge < -0.3 is 9.80 Å². The number of thiophene rings is 1. The lowest BCUT2D eigenvalue weighted by atomic mass is 10.1. The van der Waals surface area contributed by atoms with Gasteiger partial charge in [-0.2, -0.15) is 0 Å². The van der Waals surface area contributed by atoms with Gasteiger partial charge in [-0.15, -0.1) is 11.3 Å². The fourth-order valence-corrected chi connectivity index (χ4v) is 4.64. The number of likely N-dealkylation sites (N-methyl/N-ethyl adjacent to an activating group) is 1. The second-order valence-corrected chi connectivity index (χ2v) is 8.35. The van der Waals surface area contributed by atoms with Crippen molar-refractivity contribution in [2.45, 2.75) is 26.7 Å². The maximum Gasteiger partial charge on any atom is 0.259 e. The SMILES string of the molecule is CCCCN(CC)CCN1C(=O)/C(=C\c2cc(Br)cs2)c2ccccc21. The van der Waals surface area contributed by atoms with E-state index in [9.17, 15) is 4.79 Å². The maximum atomic E-state index is 13.1. The van der Waals surface area contributed by atoms with Gasteiger partial charge in [0, 0.05) is 33.4 Å². The molecule has 138 valence electrons. The summed E-state index contributed by atoms with van der Waals surface area (Å²) < 4.78 is 1.06. The molecule has 2 heterocycles. The van der Waals surface area contributed by atoms with Gasteiger partial charge in [0.25, 0.3) is 5.91 Å². The van der Waals surface area contributed by atoms with Crippen LogP contribution in [0.3, 0.4) is 0 Å². The average Bonchev–Trinajstić information content (AvgIpc) is 3.18. The largest absolute Gasteiger partial charge is 0.306 e. The van der Waals surface area contributed by atoms with Crippen molar-refractivity contribution in [3.8, 4) is 0 Å². The van der Waals surface area contributed by atoms with E-state index in [2.05, 4.69) is 52.9 Å². The molecule has 0 spiro atoms. The van der Waals surface area contributed by atoms with E-state index >= 15 is 0 Å². The lowest BCUT2D eigenvalue weighted by Gasteiger charge is -2.24. The fraction of sp³-hybridized carbons (Fsp3) is 0.381. The Balaban J connectivity index is 1.81. The predicted octanol–water partition coefficient (Wildman–Crippen LogP) is 5.52. The third kappa shape index (κ3) is 4.27. The van der Waals surface area contributed by atoms with Crippen molar-refractivity contribution in [1.29, 1.82) is 0 Å². The fourth-order valence-electron chi connectivity index (χ4n) is 3.27. The number of hydrogen-bond donors (Lipinski definition) is 0. The van der Waals surface area contributed by atoms with Gasteiger partial charge in [-0.1, -0.05) is 38.5 Å². The van der Waals surface area contributed by atoms with E-state index in [1.807, 2.05) is 28.5 Å². The van der Waals surface area contributed by atoms with Crippen LogP contribution in [-0.4, -0.2) is 37.0 Å². The molecule has 1 aromatic heterocycles. The molecule has 1 aromatic carbocycles. The number of nitrogens with zero attached hydrogens (tertiary/aromatic N) is 2. The van der Waals surface area contributed by atoms with Gasteiger partial charge in [-0.3, -0.25) is 4.79 Å². The number of carbonyl (C=O) groups is 1. The zero-order valence-corrected chi connectivity index (χ0v) is 17.8. The Labute approximate surface area is 168 Å². The van der Waals surface area contributed by atoms with Crippen LogP contribution in [0.1, 0.15) is 37.1 Å². The molecule has 2 aromatic rings. The molecule has 1 aliphatic rings. The lowest BCUT2D eigenvalue weighted by Crippen LogP contribution is -2.37. The van der Waals surface area contributed by atoms with Crippen molar-refractivity contribution in [2.24, 2.45) is 0 Å². The van der Waals surface area contributed by atoms with Crippen LogP contribution in [-0.2, 0) is 4.79 Å². The summed E-state index contributed by atoms with van der Waals surface area (Å²) in [6, 6.07) is 10.2. The summed E-state index contributed by atoms with van der Waals surface area (Å²) >= 11 is 5.13. The highest BCUT2D eigenvalue weighted by Gasteiger charge is 2.32. The molecule has 0 saturated carbocycles. The van der Waals surface area contributed by atoms with Gasteiger partial charge >= 0.3 is 0 Å². The second-order valence-electron chi connectivity index (χ2n) is 6.49. The minimum atomic E-state index is 0.113. The first-order chi connectivity index (χ1) is 12.6. The number of para-hydroxylation sites is 1. The summed E-state index contributed by atoms with van der Waals surface area (Å²) in [4.78, 5) is 18.6. The smallest absolute Gasteiger partial charge is 0.259 e. The molecule has 0 N–H and O–H groups in total. The molecule has 0 fully saturated rings. The van der Waals surface area contributed by atoms with Crippen LogP contribution in [0.4, 0.5) is 5.69 Å². The first kappa shape index (κ1) is 19.3. The normalized spacial score (nSPS) is 15.3. The van der Waals surface area contributed by atoms with E-state index in [0.717, 1.165) is 52.4 Å². The van der Waals surface area contributed by atoms with Gasteiger partial charge in [0.15, 0.2) is 0 Å². The average molecular weight is 433 g/mol. The van der Waals surface area contributed by atoms with E-state index in [0.29, 0.717) is 0 Å². The van der Waals surface area contributed by atoms with Gasteiger partial charge in [0.05, 0.1) is 11.3 Å². The molecule has 1 aliphatic heterocycles. The molecular weight excluding hydrogens is 408 g/mol. The zero-order chi connectivity index (χ0) is 18.5. The number of halogens is 1. The summed E-state index contributed by atoms with van der Waals surface area (Å²) in [5.41, 5.74) is 2.87. The Kier molecular flexibility index (Phi) is 6.68. The Morgan fingerprint density at radius 1 is 1.23 bits per heavy atom. The quantitative estimate of drug-likeness (QED) is 0.512. The van der Waals surface area contributed by atoms with E-state index in [1.54, 1.807) is 11.3 Å². The van der Waals surface area contributed by atoms with Crippen molar-refractivity contribution >= 4 is 50.5 Å². The first-order valence-corrected chi connectivity index (χ1v) is 10.9. The van der Waals surface area contributed by atoms with Crippen molar-refractivity contribution in [2.75, 3.05) is 31.1 Å². The minimum absolute atomic E-state index is 0.113. The molecule has 26 heavy (non-hydrogen) atoms.